The van der Waals surface area contributed by atoms with Crippen molar-refractivity contribution in [3.8, 4) is 0 Å². The third-order valence-corrected chi connectivity index (χ3v) is 4.39. The van der Waals surface area contributed by atoms with Crippen LogP contribution in [-0.4, -0.2) is 26.4 Å². The first-order valence-electron chi connectivity index (χ1n) is 10.1. The van der Waals surface area contributed by atoms with Crippen molar-refractivity contribution < 1.29 is 9.47 Å². The zero-order valence-electron chi connectivity index (χ0n) is 16.0. The predicted molar refractivity (Wildman–Crippen MR) is 102 cm³/mol. The van der Waals surface area contributed by atoms with Gasteiger partial charge in [-0.05, 0) is 25.7 Å². The van der Waals surface area contributed by atoms with E-state index < -0.39 is 0 Å². The van der Waals surface area contributed by atoms with Gasteiger partial charge in [0.2, 0.25) is 0 Å². The Morgan fingerprint density at radius 1 is 0.826 bits per heavy atom. The molecule has 0 bridgehead atoms. The largest absolute Gasteiger partial charge is 0.382 e. The van der Waals surface area contributed by atoms with Crippen LogP contribution in [0.25, 0.3) is 0 Å². The lowest BCUT2D eigenvalue weighted by Crippen LogP contribution is -2.19. The Morgan fingerprint density at radius 3 is 2.09 bits per heavy atom. The topological polar surface area (TPSA) is 18.5 Å². The van der Waals surface area contributed by atoms with Gasteiger partial charge in [-0.1, -0.05) is 77.2 Å². The van der Waals surface area contributed by atoms with Crippen LogP contribution in [-0.2, 0) is 9.47 Å². The summed E-state index contributed by atoms with van der Waals surface area (Å²) in [5.41, 5.74) is 0. The van der Waals surface area contributed by atoms with E-state index in [1.54, 1.807) is 7.11 Å². The zero-order chi connectivity index (χ0) is 17.0. The van der Waals surface area contributed by atoms with Gasteiger partial charge in [0.15, 0.2) is 0 Å². The molecule has 0 spiro atoms. The first-order valence-corrected chi connectivity index (χ1v) is 10.1. The summed E-state index contributed by atoms with van der Waals surface area (Å²) < 4.78 is 11.3. The summed E-state index contributed by atoms with van der Waals surface area (Å²) >= 11 is 0. The van der Waals surface area contributed by atoms with Crippen LogP contribution < -0.4 is 0 Å². The number of hydrogen-bond acceptors (Lipinski definition) is 2. The standard InChI is InChI=1S/C21H42O2/c1-4-6-8-10-11-12-13-15-17-19-23-21(20-22-3)18-16-14-9-7-5-2/h4,21H,1,5-20H2,2-3H3. The van der Waals surface area contributed by atoms with Crippen LogP contribution in [0.3, 0.4) is 0 Å². The molecule has 23 heavy (non-hydrogen) atoms. The minimum Gasteiger partial charge on any atom is -0.382 e. The van der Waals surface area contributed by atoms with Gasteiger partial charge in [-0.3, -0.25) is 0 Å². The Hall–Kier alpha value is -0.340. The van der Waals surface area contributed by atoms with E-state index in [0.717, 1.165) is 19.6 Å². The highest BCUT2D eigenvalue weighted by Crippen LogP contribution is 2.12. The molecule has 0 fully saturated rings. The van der Waals surface area contributed by atoms with Gasteiger partial charge in [-0.25, -0.2) is 0 Å². The second kappa shape index (κ2) is 19.7. The Bertz CT molecular complexity index is 228. The molecule has 1 unspecified atom stereocenters. The molecule has 0 aromatic rings. The lowest BCUT2D eigenvalue weighted by atomic mass is 10.1. The second-order valence-electron chi connectivity index (χ2n) is 6.70. The van der Waals surface area contributed by atoms with E-state index in [1.807, 2.05) is 6.08 Å². The maximum absolute atomic E-state index is 6.01. The quantitative estimate of drug-likeness (QED) is 0.194. The monoisotopic (exact) mass is 326 g/mol. The highest BCUT2D eigenvalue weighted by atomic mass is 16.5. The summed E-state index contributed by atoms with van der Waals surface area (Å²) in [6.07, 6.45) is 20.6. The number of unbranched alkanes of at least 4 members (excludes halogenated alkanes) is 11. The van der Waals surface area contributed by atoms with Gasteiger partial charge in [-0.2, -0.15) is 0 Å². The Balaban J connectivity index is 3.40. The average Bonchev–Trinajstić information content (AvgIpc) is 2.56. The van der Waals surface area contributed by atoms with Gasteiger partial charge in [-0.15, -0.1) is 6.58 Å². The van der Waals surface area contributed by atoms with E-state index in [0.29, 0.717) is 6.10 Å². The first kappa shape index (κ1) is 22.7. The van der Waals surface area contributed by atoms with Gasteiger partial charge in [0, 0.05) is 13.7 Å². The minimum atomic E-state index is 0.306. The molecule has 0 aliphatic rings. The summed E-state index contributed by atoms with van der Waals surface area (Å²) in [6.45, 7) is 7.68. The van der Waals surface area contributed by atoms with Gasteiger partial charge >= 0.3 is 0 Å². The van der Waals surface area contributed by atoms with Crippen LogP contribution in [0, 0.1) is 0 Å². The summed E-state index contributed by atoms with van der Waals surface area (Å²) in [5.74, 6) is 0. The van der Waals surface area contributed by atoms with E-state index in [2.05, 4.69) is 13.5 Å². The second-order valence-corrected chi connectivity index (χ2v) is 6.70. The van der Waals surface area contributed by atoms with E-state index in [9.17, 15) is 0 Å². The van der Waals surface area contributed by atoms with Crippen molar-refractivity contribution in [2.75, 3.05) is 20.3 Å². The molecular weight excluding hydrogens is 284 g/mol. The van der Waals surface area contributed by atoms with Crippen LogP contribution in [0.2, 0.25) is 0 Å². The molecule has 1 atom stereocenters. The first-order chi connectivity index (χ1) is 11.3. The molecule has 0 rings (SSSR count). The number of ether oxygens (including phenoxy) is 2. The normalized spacial score (nSPS) is 12.4. The van der Waals surface area contributed by atoms with Crippen LogP contribution >= 0.6 is 0 Å². The predicted octanol–water partition coefficient (Wildman–Crippen LogP) is 6.69. The SMILES string of the molecule is C=CCCCCCCCCCOC(CCCCCCC)COC. The molecule has 0 heterocycles. The van der Waals surface area contributed by atoms with Crippen LogP contribution in [0.5, 0.6) is 0 Å². The Labute approximate surface area is 146 Å². The van der Waals surface area contributed by atoms with Crippen molar-refractivity contribution in [3.05, 3.63) is 12.7 Å². The lowest BCUT2D eigenvalue weighted by Gasteiger charge is -2.17. The van der Waals surface area contributed by atoms with Crippen molar-refractivity contribution in [1.29, 1.82) is 0 Å². The third-order valence-electron chi connectivity index (χ3n) is 4.39. The fourth-order valence-corrected chi connectivity index (χ4v) is 2.90. The van der Waals surface area contributed by atoms with Crippen LogP contribution in [0.15, 0.2) is 12.7 Å². The van der Waals surface area contributed by atoms with Crippen molar-refractivity contribution >= 4 is 0 Å². The molecule has 0 saturated carbocycles. The van der Waals surface area contributed by atoms with Crippen LogP contribution in [0.1, 0.15) is 96.8 Å². The molecule has 2 heteroatoms. The van der Waals surface area contributed by atoms with E-state index >= 15 is 0 Å². The number of allylic oxidation sites excluding steroid dienone is 1. The molecular formula is C21H42O2. The van der Waals surface area contributed by atoms with Gasteiger partial charge < -0.3 is 9.47 Å². The van der Waals surface area contributed by atoms with Crippen molar-refractivity contribution in [1.82, 2.24) is 0 Å². The number of hydrogen-bond donors (Lipinski definition) is 0. The van der Waals surface area contributed by atoms with E-state index in [4.69, 9.17) is 9.47 Å². The summed E-state index contributed by atoms with van der Waals surface area (Å²) in [6, 6.07) is 0. The molecule has 138 valence electrons. The number of rotatable bonds is 19. The fourth-order valence-electron chi connectivity index (χ4n) is 2.90. The van der Waals surface area contributed by atoms with Gasteiger partial charge in [0.1, 0.15) is 0 Å². The molecule has 0 aliphatic heterocycles. The smallest absolute Gasteiger partial charge is 0.0808 e. The highest BCUT2D eigenvalue weighted by molar-refractivity contribution is 4.65. The fraction of sp³-hybridized carbons (Fsp3) is 0.905. The molecule has 0 N–H and O–H groups in total. The maximum atomic E-state index is 6.01. The van der Waals surface area contributed by atoms with Gasteiger partial charge in [0.05, 0.1) is 12.7 Å². The van der Waals surface area contributed by atoms with Crippen molar-refractivity contribution in [2.24, 2.45) is 0 Å². The summed E-state index contributed by atoms with van der Waals surface area (Å²) in [5, 5.41) is 0. The minimum absolute atomic E-state index is 0.306. The molecule has 0 aromatic carbocycles. The zero-order valence-corrected chi connectivity index (χ0v) is 16.0. The molecule has 0 radical (unpaired) electrons. The molecule has 0 aromatic heterocycles. The average molecular weight is 327 g/mol. The summed E-state index contributed by atoms with van der Waals surface area (Å²) in [4.78, 5) is 0. The number of methoxy groups -OCH3 is 1. The Morgan fingerprint density at radius 2 is 1.43 bits per heavy atom. The molecule has 0 saturated heterocycles. The third kappa shape index (κ3) is 17.8. The van der Waals surface area contributed by atoms with Crippen molar-refractivity contribution in [2.45, 2.75) is 103 Å². The molecule has 2 nitrogen and oxygen atoms in total. The Kier molecular flexibility index (Phi) is 19.4. The van der Waals surface area contributed by atoms with Gasteiger partial charge in [0.25, 0.3) is 0 Å². The highest BCUT2D eigenvalue weighted by Gasteiger charge is 2.08. The van der Waals surface area contributed by atoms with Crippen LogP contribution in [0.4, 0.5) is 0 Å². The van der Waals surface area contributed by atoms with E-state index in [-0.39, 0.29) is 0 Å². The van der Waals surface area contributed by atoms with Crippen molar-refractivity contribution in [3.63, 3.8) is 0 Å². The molecule has 0 aliphatic carbocycles. The summed E-state index contributed by atoms with van der Waals surface area (Å²) in [7, 11) is 1.78. The lowest BCUT2D eigenvalue weighted by molar-refractivity contribution is -0.00894. The maximum Gasteiger partial charge on any atom is 0.0808 e. The molecule has 0 amide bonds. The van der Waals surface area contributed by atoms with E-state index in [1.165, 1.54) is 83.5 Å².